The summed E-state index contributed by atoms with van der Waals surface area (Å²) in [5.41, 5.74) is 1.01. The van der Waals surface area contributed by atoms with Gasteiger partial charge in [-0.3, -0.25) is 0 Å². The highest BCUT2D eigenvalue weighted by atomic mass is 32.2. The molecule has 11 heavy (non-hydrogen) atoms. The molecule has 0 atom stereocenters. The molecular weight excluding hydrogens is 179 g/mol. The second kappa shape index (κ2) is 3.50. The summed E-state index contributed by atoms with van der Waals surface area (Å²) >= 11 is 5.51. The molecule has 3 heteroatoms. The lowest BCUT2D eigenvalue weighted by Gasteiger charge is -2.02. The fourth-order valence-electron chi connectivity index (χ4n) is 0.801. The fraction of sp³-hybridized carbons (Fsp3) is 0.250. The predicted molar refractivity (Wildman–Crippen MR) is 50.2 cm³/mol. The van der Waals surface area contributed by atoms with Crippen molar-refractivity contribution in [3.8, 4) is 0 Å². The van der Waals surface area contributed by atoms with Crippen molar-refractivity contribution in [3.05, 3.63) is 23.5 Å². The molecule has 1 aromatic rings. The number of benzene rings is 1. The van der Waals surface area contributed by atoms with Crippen LogP contribution in [0, 0.1) is 12.7 Å². The van der Waals surface area contributed by atoms with Crippen molar-refractivity contribution >= 4 is 24.4 Å². The molecule has 0 saturated carbocycles. The second-order valence-electron chi connectivity index (χ2n) is 2.27. The van der Waals surface area contributed by atoms with Gasteiger partial charge in [0.2, 0.25) is 0 Å². The first-order valence-corrected chi connectivity index (χ1v) is 4.85. The average Bonchev–Trinajstić information content (AvgIpc) is 1.97. The number of aryl methyl sites for hydroxylation is 1. The molecule has 0 radical (unpaired) electrons. The molecule has 0 amide bonds. The van der Waals surface area contributed by atoms with Crippen molar-refractivity contribution in [2.24, 2.45) is 0 Å². The maximum Gasteiger partial charge on any atom is 0.137 e. The van der Waals surface area contributed by atoms with Gasteiger partial charge in [0.15, 0.2) is 0 Å². The third-order valence-electron chi connectivity index (χ3n) is 1.47. The van der Waals surface area contributed by atoms with Gasteiger partial charge < -0.3 is 0 Å². The van der Waals surface area contributed by atoms with Crippen molar-refractivity contribution < 1.29 is 4.39 Å². The quantitative estimate of drug-likeness (QED) is 0.522. The molecule has 0 saturated heterocycles. The van der Waals surface area contributed by atoms with Crippen LogP contribution in [0.3, 0.4) is 0 Å². The van der Waals surface area contributed by atoms with Gasteiger partial charge in [-0.1, -0.05) is 0 Å². The molecule has 0 bridgehead atoms. The van der Waals surface area contributed by atoms with E-state index in [0.29, 0.717) is 9.79 Å². The number of hydrogen-bond donors (Lipinski definition) is 1. The van der Waals surface area contributed by atoms with Gasteiger partial charge in [-0.15, -0.1) is 24.4 Å². The molecule has 0 spiro atoms. The van der Waals surface area contributed by atoms with Gasteiger partial charge in [0.05, 0.1) is 0 Å². The normalized spacial score (nSPS) is 10.2. The van der Waals surface area contributed by atoms with Crippen LogP contribution in [-0.2, 0) is 0 Å². The summed E-state index contributed by atoms with van der Waals surface area (Å²) in [5.74, 6) is -0.187. The maximum atomic E-state index is 13.0. The zero-order valence-corrected chi connectivity index (χ0v) is 8.10. The lowest BCUT2D eigenvalue weighted by Crippen LogP contribution is -1.84. The predicted octanol–water partition coefficient (Wildman–Crippen LogP) is 3.14. The second-order valence-corrected chi connectivity index (χ2v) is 3.60. The van der Waals surface area contributed by atoms with E-state index in [1.165, 1.54) is 17.8 Å². The summed E-state index contributed by atoms with van der Waals surface area (Å²) in [5, 5.41) is 0. The van der Waals surface area contributed by atoms with Gasteiger partial charge in [-0.25, -0.2) is 4.39 Å². The molecule has 1 aromatic carbocycles. The van der Waals surface area contributed by atoms with Crippen LogP contribution in [0.5, 0.6) is 0 Å². The molecule has 0 nitrogen and oxygen atoms in total. The van der Waals surface area contributed by atoms with Crippen molar-refractivity contribution in [2.45, 2.75) is 16.7 Å². The molecule has 0 N–H and O–H groups in total. The number of thiol groups is 1. The van der Waals surface area contributed by atoms with Gasteiger partial charge >= 0.3 is 0 Å². The van der Waals surface area contributed by atoms with Crippen molar-refractivity contribution in [3.63, 3.8) is 0 Å². The van der Waals surface area contributed by atoms with Crippen LogP contribution in [-0.4, -0.2) is 6.26 Å². The Morgan fingerprint density at radius 3 is 2.64 bits per heavy atom. The Hall–Kier alpha value is -0.150. The lowest BCUT2D eigenvalue weighted by molar-refractivity contribution is 0.597. The molecule has 0 aromatic heterocycles. The third-order valence-corrected chi connectivity index (χ3v) is 2.70. The van der Waals surface area contributed by atoms with E-state index in [2.05, 4.69) is 12.6 Å². The highest BCUT2D eigenvalue weighted by Gasteiger charge is 2.02. The Labute approximate surface area is 75.6 Å². The largest absolute Gasteiger partial charge is 0.206 e. The SMILES string of the molecule is CSc1cc(C)c(S)cc1F. The van der Waals surface area contributed by atoms with Crippen LogP contribution >= 0.6 is 24.4 Å². The van der Waals surface area contributed by atoms with Gasteiger partial charge in [-0.2, -0.15) is 0 Å². The van der Waals surface area contributed by atoms with Crippen LogP contribution < -0.4 is 0 Å². The fourth-order valence-corrected chi connectivity index (χ4v) is 1.53. The lowest BCUT2D eigenvalue weighted by atomic mass is 10.2. The molecule has 0 aliphatic heterocycles. The van der Waals surface area contributed by atoms with E-state index in [-0.39, 0.29) is 5.82 Å². The van der Waals surface area contributed by atoms with Crippen molar-refractivity contribution in [1.29, 1.82) is 0 Å². The Balaban J connectivity index is 3.21. The maximum absolute atomic E-state index is 13.0. The first-order valence-electron chi connectivity index (χ1n) is 3.18. The summed E-state index contributed by atoms with van der Waals surface area (Å²) < 4.78 is 13.0. The zero-order chi connectivity index (χ0) is 8.43. The van der Waals surface area contributed by atoms with E-state index in [0.717, 1.165) is 5.56 Å². The van der Waals surface area contributed by atoms with Gasteiger partial charge in [-0.05, 0) is 30.9 Å². The van der Waals surface area contributed by atoms with E-state index in [4.69, 9.17) is 0 Å². The van der Waals surface area contributed by atoms with Gasteiger partial charge in [0.1, 0.15) is 5.82 Å². The molecule has 60 valence electrons. The summed E-state index contributed by atoms with van der Waals surface area (Å²) in [7, 11) is 0. The summed E-state index contributed by atoms with van der Waals surface area (Å²) in [6.07, 6.45) is 1.86. The van der Waals surface area contributed by atoms with Crippen LogP contribution in [0.2, 0.25) is 0 Å². The zero-order valence-electron chi connectivity index (χ0n) is 6.39. The molecule has 0 heterocycles. The molecule has 0 aliphatic carbocycles. The summed E-state index contributed by atoms with van der Waals surface area (Å²) in [6, 6.07) is 3.26. The Morgan fingerprint density at radius 1 is 1.45 bits per heavy atom. The summed E-state index contributed by atoms with van der Waals surface area (Å²) in [6.45, 7) is 1.92. The minimum atomic E-state index is -0.187. The number of hydrogen-bond acceptors (Lipinski definition) is 2. The Kier molecular flexibility index (Phi) is 2.84. The average molecular weight is 188 g/mol. The van der Waals surface area contributed by atoms with E-state index in [1.807, 2.05) is 19.2 Å². The first kappa shape index (κ1) is 8.94. The minimum absolute atomic E-state index is 0.187. The number of halogens is 1. The van der Waals surface area contributed by atoms with Crippen molar-refractivity contribution in [2.75, 3.05) is 6.26 Å². The smallest absolute Gasteiger partial charge is 0.137 e. The Morgan fingerprint density at radius 2 is 2.09 bits per heavy atom. The minimum Gasteiger partial charge on any atom is -0.206 e. The molecule has 0 fully saturated rings. The molecule has 0 aliphatic rings. The van der Waals surface area contributed by atoms with Gasteiger partial charge in [0, 0.05) is 9.79 Å². The third kappa shape index (κ3) is 1.91. The highest BCUT2D eigenvalue weighted by Crippen LogP contribution is 2.24. The van der Waals surface area contributed by atoms with E-state index in [9.17, 15) is 4.39 Å². The summed E-state index contributed by atoms with van der Waals surface area (Å²) in [4.78, 5) is 1.39. The molecular formula is C8H9FS2. The van der Waals surface area contributed by atoms with Crippen LogP contribution in [0.25, 0.3) is 0 Å². The Bertz CT molecular complexity index is 271. The van der Waals surface area contributed by atoms with E-state index >= 15 is 0 Å². The number of rotatable bonds is 1. The van der Waals surface area contributed by atoms with E-state index < -0.39 is 0 Å². The highest BCUT2D eigenvalue weighted by molar-refractivity contribution is 7.98. The first-order chi connectivity index (χ1) is 5.15. The van der Waals surface area contributed by atoms with Crippen LogP contribution in [0.1, 0.15) is 5.56 Å². The molecule has 0 unspecified atom stereocenters. The van der Waals surface area contributed by atoms with Crippen LogP contribution in [0.15, 0.2) is 21.9 Å². The van der Waals surface area contributed by atoms with Gasteiger partial charge in [0.25, 0.3) is 0 Å². The topological polar surface area (TPSA) is 0 Å². The monoisotopic (exact) mass is 188 g/mol. The standard InChI is InChI=1S/C8H9FS2/c1-5-3-8(11-2)6(9)4-7(5)10/h3-4,10H,1-2H3. The molecule has 1 rings (SSSR count). The van der Waals surface area contributed by atoms with Crippen molar-refractivity contribution in [1.82, 2.24) is 0 Å². The van der Waals surface area contributed by atoms with Crippen LogP contribution in [0.4, 0.5) is 4.39 Å². The van der Waals surface area contributed by atoms with E-state index in [1.54, 1.807) is 0 Å². The number of thioether (sulfide) groups is 1.